The van der Waals surface area contributed by atoms with Gasteiger partial charge in [-0.25, -0.2) is 0 Å². The Morgan fingerprint density at radius 1 is 1.50 bits per heavy atom. The van der Waals surface area contributed by atoms with Gasteiger partial charge in [-0.2, -0.15) is 0 Å². The lowest BCUT2D eigenvalue weighted by atomic mass is 10.3. The Kier molecular flexibility index (Phi) is 2.59. The first kappa shape index (κ1) is 7.44. The average Bonchev–Trinajstić information content (AvgIpc) is 2.60. The van der Waals surface area contributed by atoms with Gasteiger partial charge in [0.1, 0.15) is 18.6 Å². The Labute approximate surface area is 59.8 Å². The van der Waals surface area contributed by atoms with Crippen LogP contribution in [0, 0.1) is 0 Å². The van der Waals surface area contributed by atoms with Gasteiger partial charge in [-0.15, -0.1) is 0 Å². The number of hydrogen-bond donors (Lipinski definition) is 1. The van der Waals surface area contributed by atoms with Crippen molar-refractivity contribution in [3.8, 4) is 0 Å². The van der Waals surface area contributed by atoms with Crippen LogP contribution in [-0.4, -0.2) is 18.6 Å². The molecule has 0 bridgehead atoms. The molecule has 56 valence electrons. The Morgan fingerprint density at radius 2 is 2.20 bits per heavy atom. The smallest absolute Gasteiger partial charge is 0.136 e. The third-order valence-electron chi connectivity index (χ3n) is 1.34. The minimum atomic E-state index is -0.104. The van der Waals surface area contributed by atoms with Gasteiger partial charge in [-0.05, 0) is 6.42 Å². The summed E-state index contributed by atoms with van der Waals surface area (Å²) in [5.41, 5.74) is 5.34. The molecule has 2 atom stereocenters. The number of carbonyl (C=O) groups is 1. The standard InChI is InChI=1S/C7H11NO2/c8-7-6(10-7)4-2-1-3-5-9/h2,4-7H,1,3,8H2/b4-2-. The van der Waals surface area contributed by atoms with Gasteiger partial charge < -0.3 is 15.3 Å². The lowest BCUT2D eigenvalue weighted by Gasteiger charge is -1.80. The molecule has 3 nitrogen and oxygen atoms in total. The highest BCUT2D eigenvalue weighted by Crippen LogP contribution is 2.17. The molecular weight excluding hydrogens is 130 g/mol. The maximum absolute atomic E-state index is 9.84. The molecule has 0 saturated carbocycles. The van der Waals surface area contributed by atoms with Gasteiger partial charge >= 0.3 is 0 Å². The molecule has 0 aromatic heterocycles. The number of allylic oxidation sites excluding steroid dienone is 1. The van der Waals surface area contributed by atoms with Gasteiger partial charge in [0.15, 0.2) is 0 Å². The molecule has 1 aliphatic heterocycles. The number of ether oxygens (including phenoxy) is 1. The summed E-state index contributed by atoms with van der Waals surface area (Å²) in [5.74, 6) is 0. The number of carbonyl (C=O) groups excluding carboxylic acids is 1. The van der Waals surface area contributed by atoms with Crippen molar-refractivity contribution < 1.29 is 9.53 Å². The molecule has 2 N–H and O–H groups in total. The zero-order chi connectivity index (χ0) is 7.40. The summed E-state index contributed by atoms with van der Waals surface area (Å²) in [6.07, 6.45) is 6.09. The van der Waals surface area contributed by atoms with Crippen LogP contribution in [0.1, 0.15) is 12.8 Å². The molecule has 0 amide bonds. The minimum Gasteiger partial charge on any atom is -0.349 e. The highest BCUT2D eigenvalue weighted by molar-refractivity contribution is 5.49. The molecule has 0 aromatic rings. The van der Waals surface area contributed by atoms with Crippen molar-refractivity contribution in [2.45, 2.75) is 25.2 Å². The van der Waals surface area contributed by atoms with Crippen molar-refractivity contribution >= 4 is 6.29 Å². The van der Waals surface area contributed by atoms with Crippen LogP contribution in [-0.2, 0) is 9.53 Å². The van der Waals surface area contributed by atoms with Crippen molar-refractivity contribution in [1.82, 2.24) is 0 Å². The molecule has 10 heavy (non-hydrogen) atoms. The summed E-state index contributed by atoms with van der Waals surface area (Å²) in [7, 11) is 0. The zero-order valence-electron chi connectivity index (χ0n) is 5.69. The molecule has 1 heterocycles. The van der Waals surface area contributed by atoms with Gasteiger partial charge in [0.25, 0.3) is 0 Å². The van der Waals surface area contributed by atoms with Crippen LogP contribution in [0.25, 0.3) is 0 Å². The molecule has 0 aromatic carbocycles. The van der Waals surface area contributed by atoms with E-state index in [2.05, 4.69) is 0 Å². The van der Waals surface area contributed by atoms with Gasteiger partial charge in [0.05, 0.1) is 0 Å². The predicted octanol–water partition coefficient (Wildman–Crippen LogP) is 0.205. The molecule has 3 heteroatoms. The third-order valence-corrected chi connectivity index (χ3v) is 1.34. The van der Waals surface area contributed by atoms with Crippen LogP contribution in [0.4, 0.5) is 0 Å². The van der Waals surface area contributed by atoms with Crippen LogP contribution in [0.3, 0.4) is 0 Å². The molecule has 0 spiro atoms. The van der Waals surface area contributed by atoms with Crippen LogP contribution >= 0.6 is 0 Å². The first-order chi connectivity index (χ1) is 4.84. The van der Waals surface area contributed by atoms with E-state index in [1.807, 2.05) is 12.2 Å². The average molecular weight is 141 g/mol. The van der Waals surface area contributed by atoms with Crippen LogP contribution in [0.15, 0.2) is 12.2 Å². The SMILES string of the molecule is NC1OC1/C=C\CCC=O. The van der Waals surface area contributed by atoms with Crippen molar-refractivity contribution in [2.75, 3.05) is 0 Å². The molecule has 2 unspecified atom stereocenters. The summed E-state index contributed by atoms with van der Waals surface area (Å²) < 4.78 is 4.90. The van der Waals surface area contributed by atoms with Gasteiger partial charge in [-0.1, -0.05) is 12.2 Å². The monoisotopic (exact) mass is 141 g/mol. The molecule has 0 radical (unpaired) electrons. The second-order valence-electron chi connectivity index (χ2n) is 2.24. The fourth-order valence-electron chi connectivity index (χ4n) is 0.686. The second-order valence-corrected chi connectivity index (χ2v) is 2.24. The molecular formula is C7H11NO2. The highest BCUT2D eigenvalue weighted by atomic mass is 16.6. The maximum atomic E-state index is 9.84. The first-order valence-corrected chi connectivity index (χ1v) is 3.36. The quantitative estimate of drug-likeness (QED) is 0.263. The number of rotatable bonds is 4. The van der Waals surface area contributed by atoms with E-state index in [0.717, 1.165) is 12.7 Å². The van der Waals surface area contributed by atoms with E-state index >= 15 is 0 Å². The van der Waals surface area contributed by atoms with E-state index in [0.29, 0.717) is 6.42 Å². The topological polar surface area (TPSA) is 55.6 Å². The summed E-state index contributed by atoms with van der Waals surface area (Å²) in [6, 6.07) is 0. The van der Waals surface area contributed by atoms with Gasteiger partial charge in [0.2, 0.25) is 0 Å². The maximum Gasteiger partial charge on any atom is 0.136 e. The largest absolute Gasteiger partial charge is 0.349 e. The zero-order valence-corrected chi connectivity index (χ0v) is 5.69. The molecule has 1 fully saturated rings. The van der Waals surface area contributed by atoms with Crippen molar-refractivity contribution in [3.63, 3.8) is 0 Å². The number of aldehydes is 1. The lowest BCUT2D eigenvalue weighted by Crippen LogP contribution is -2.02. The first-order valence-electron chi connectivity index (χ1n) is 3.36. The number of unbranched alkanes of at least 4 members (excludes halogenated alkanes) is 1. The molecule has 1 aliphatic rings. The molecule has 1 rings (SSSR count). The van der Waals surface area contributed by atoms with E-state index < -0.39 is 0 Å². The third kappa shape index (κ3) is 2.29. The normalized spacial score (nSPS) is 30.9. The number of nitrogens with two attached hydrogens (primary N) is 1. The van der Waals surface area contributed by atoms with Crippen LogP contribution < -0.4 is 5.73 Å². The van der Waals surface area contributed by atoms with E-state index in [-0.39, 0.29) is 12.3 Å². The summed E-state index contributed by atoms with van der Waals surface area (Å²) in [5, 5.41) is 0. The Balaban J connectivity index is 2.01. The molecule has 0 aliphatic carbocycles. The lowest BCUT2D eigenvalue weighted by molar-refractivity contribution is -0.107. The fraction of sp³-hybridized carbons (Fsp3) is 0.571. The Bertz CT molecular complexity index is 145. The fourth-order valence-corrected chi connectivity index (χ4v) is 0.686. The Morgan fingerprint density at radius 3 is 2.70 bits per heavy atom. The van der Waals surface area contributed by atoms with Gasteiger partial charge in [-0.3, -0.25) is 0 Å². The Hall–Kier alpha value is -0.670. The van der Waals surface area contributed by atoms with E-state index in [1.54, 1.807) is 0 Å². The summed E-state index contributed by atoms with van der Waals surface area (Å²) in [4.78, 5) is 9.84. The number of epoxide rings is 1. The number of hydrogen-bond acceptors (Lipinski definition) is 3. The van der Waals surface area contributed by atoms with E-state index in [4.69, 9.17) is 10.5 Å². The molecule has 1 saturated heterocycles. The van der Waals surface area contributed by atoms with Crippen LogP contribution in [0.5, 0.6) is 0 Å². The van der Waals surface area contributed by atoms with Crippen molar-refractivity contribution in [1.29, 1.82) is 0 Å². The van der Waals surface area contributed by atoms with E-state index in [1.165, 1.54) is 0 Å². The minimum absolute atomic E-state index is 0.103. The summed E-state index contributed by atoms with van der Waals surface area (Å²) in [6.45, 7) is 0. The predicted molar refractivity (Wildman–Crippen MR) is 37.3 cm³/mol. The van der Waals surface area contributed by atoms with Crippen molar-refractivity contribution in [2.24, 2.45) is 5.73 Å². The van der Waals surface area contributed by atoms with Crippen molar-refractivity contribution in [3.05, 3.63) is 12.2 Å². The van der Waals surface area contributed by atoms with E-state index in [9.17, 15) is 4.79 Å². The highest BCUT2D eigenvalue weighted by Gasteiger charge is 2.31. The second kappa shape index (κ2) is 3.49. The van der Waals surface area contributed by atoms with Gasteiger partial charge in [0, 0.05) is 6.42 Å². The van der Waals surface area contributed by atoms with Crippen LogP contribution in [0.2, 0.25) is 0 Å². The summed E-state index contributed by atoms with van der Waals surface area (Å²) >= 11 is 0.